The highest BCUT2D eigenvalue weighted by molar-refractivity contribution is 7.72. The van der Waals surface area contributed by atoms with E-state index >= 15 is 0 Å². The monoisotopic (exact) mass is 571 g/mol. The van der Waals surface area contributed by atoms with Gasteiger partial charge in [-0.3, -0.25) is 4.79 Å². The molecule has 0 aliphatic carbocycles. The van der Waals surface area contributed by atoms with Crippen LogP contribution in [0.5, 0.6) is 0 Å². The van der Waals surface area contributed by atoms with Crippen molar-refractivity contribution in [3.63, 3.8) is 0 Å². The lowest BCUT2D eigenvalue weighted by molar-refractivity contribution is -0.143. The maximum atomic E-state index is 13.5. The van der Waals surface area contributed by atoms with E-state index in [1.165, 1.54) is 24.3 Å². The summed E-state index contributed by atoms with van der Waals surface area (Å²) in [4.78, 5) is 25.8. The molecule has 0 N–H and O–H groups in total. The van der Waals surface area contributed by atoms with Crippen LogP contribution in [0.2, 0.25) is 15.1 Å². The Bertz CT molecular complexity index is 1320. The zero-order valence-electron chi connectivity index (χ0n) is 16.8. The number of halogens is 9. The fraction of sp³-hybridized carbons (Fsp3) is 0.0909. The minimum atomic E-state index is -5.38. The van der Waals surface area contributed by atoms with Crippen LogP contribution >= 0.6 is 42.6 Å². The second-order valence-electron chi connectivity index (χ2n) is 6.90. The van der Waals surface area contributed by atoms with Crippen molar-refractivity contribution in [1.29, 1.82) is 0 Å². The van der Waals surface area contributed by atoms with Gasteiger partial charge in [-0.25, -0.2) is 4.79 Å². The highest BCUT2D eigenvalue weighted by Crippen LogP contribution is 2.45. The molecule has 0 heterocycles. The SMILES string of the molecule is O=C(c1ccccc1)c1c(Cl)cc(Cl)c([P+](=O)C(=O)c2c(C(F)(F)F)cccc2C(F)(F)F)c1Cl. The molecule has 3 aromatic rings. The Balaban J connectivity index is 2.24. The quantitative estimate of drug-likeness (QED) is 0.176. The van der Waals surface area contributed by atoms with E-state index in [0.717, 1.165) is 6.07 Å². The number of hydrogen-bond donors (Lipinski definition) is 0. The van der Waals surface area contributed by atoms with Crippen LogP contribution in [-0.2, 0) is 16.9 Å². The zero-order valence-corrected chi connectivity index (χ0v) is 19.9. The van der Waals surface area contributed by atoms with Gasteiger partial charge in [-0.1, -0.05) is 75.8 Å². The molecule has 0 aromatic heterocycles. The molecule has 13 heteroatoms. The van der Waals surface area contributed by atoms with Crippen LogP contribution in [0.15, 0.2) is 54.6 Å². The van der Waals surface area contributed by atoms with Gasteiger partial charge >= 0.3 is 25.7 Å². The fourth-order valence-electron chi connectivity index (χ4n) is 3.17. The third kappa shape index (κ3) is 5.38. The maximum absolute atomic E-state index is 13.5. The minimum Gasteiger partial charge on any atom is -0.288 e. The van der Waals surface area contributed by atoms with Crippen LogP contribution in [0.4, 0.5) is 26.3 Å². The van der Waals surface area contributed by atoms with Crippen molar-refractivity contribution in [2.45, 2.75) is 12.4 Å². The maximum Gasteiger partial charge on any atom is 0.461 e. The van der Waals surface area contributed by atoms with Gasteiger partial charge in [0.1, 0.15) is 5.02 Å². The standard InChI is InChI=1S/C22H9Cl3F6O3P/c23-13-9-14(24)19(17(25)16(13)18(32)10-5-2-1-3-6-10)35(34)20(33)15-11(21(26,27)28)7-4-8-12(15)22(29,30)31/h1-9H/q+1. The van der Waals surface area contributed by atoms with E-state index in [9.17, 15) is 40.5 Å². The van der Waals surface area contributed by atoms with Gasteiger partial charge in [0.2, 0.25) is 5.30 Å². The number of carbonyl (C=O) groups excluding carboxylic acids is 2. The first-order valence-corrected chi connectivity index (χ1v) is 11.6. The van der Waals surface area contributed by atoms with E-state index in [4.69, 9.17) is 34.8 Å². The molecule has 0 bridgehead atoms. The number of carbonyl (C=O) groups is 2. The van der Waals surface area contributed by atoms with E-state index in [2.05, 4.69) is 0 Å². The lowest BCUT2D eigenvalue weighted by atomic mass is 10.0. The Morgan fingerprint density at radius 1 is 0.714 bits per heavy atom. The average molecular weight is 573 g/mol. The topological polar surface area (TPSA) is 51.2 Å². The summed E-state index contributed by atoms with van der Waals surface area (Å²) in [7, 11) is -3.77. The summed E-state index contributed by atoms with van der Waals surface area (Å²) in [5.41, 5.74) is -8.18. The average Bonchev–Trinajstić information content (AvgIpc) is 2.77. The van der Waals surface area contributed by atoms with E-state index in [0.29, 0.717) is 6.07 Å². The van der Waals surface area contributed by atoms with Crippen LogP contribution in [0.3, 0.4) is 0 Å². The van der Waals surface area contributed by atoms with Gasteiger partial charge in [0.25, 0.3) is 0 Å². The number of rotatable bonds is 5. The summed E-state index contributed by atoms with van der Waals surface area (Å²) in [5, 5.41) is -2.47. The van der Waals surface area contributed by atoms with Gasteiger partial charge in [0, 0.05) is 5.56 Å². The van der Waals surface area contributed by atoms with Crippen molar-refractivity contribution in [3.05, 3.63) is 97.5 Å². The summed E-state index contributed by atoms with van der Waals surface area (Å²) in [6.45, 7) is 0. The van der Waals surface area contributed by atoms with Crippen molar-refractivity contribution in [2.24, 2.45) is 0 Å². The van der Waals surface area contributed by atoms with Crippen molar-refractivity contribution < 1.29 is 40.5 Å². The predicted molar refractivity (Wildman–Crippen MR) is 119 cm³/mol. The predicted octanol–water partition coefficient (Wildman–Crippen LogP) is 8.21. The molecule has 1 unspecified atom stereocenters. The molecule has 0 saturated heterocycles. The first kappa shape index (κ1) is 27.1. The molecule has 3 rings (SSSR count). The number of alkyl halides is 6. The largest absolute Gasteiger partial charge is 0.461 e. The smallest absolute Gasteiger partial charge is 0.288 e. The zero-order chi connectivity index (χ0) is 26.3. The summed E-state index contributed by atoms with van der Waals surface area (Å²) in [5.74, 6) is -0.805. The third-order valence-corrected chi connectivity index (χ3v) is 7.39. The Hall–Kier alpha value is -2.45. The normalized spacial score (nSPS) is 12.4. The second kappa shape index (κ2) is 9.90. The number of hydrogen-bond acceptors (Lipinski definition) is 3. The number of ketones is 1. The minimum absolute atomic E-state index is 0.0629. The Labute approximate surface area is 209 Å². The third-order valence-electron chi connectivity index (χ3n) is 4.69. The van der Waals surface area contributed by atoms with E-state index in [-0.39, 0.29) is 22.7 Å². The summed E-state index contributed by atoms with van der Waals surface area (Å²) in [6, 6.07) is 9.20. The molecule has 3 aromatic carbocycles. The molecule has 182 valence electrons. The fourth-order valence-corrected chi connectivity index (χ4v) is 5.76. The summed E-state index contributed by atoms with van der Waals surface area (Å²) < 4.78 is 94.0. The van der Waals surface area contributed by atoms with Crippen LogP contribution in [-0.4, -0.2) is 11.3 Å². The number of benzene rings is 3. The van der Waals surface area contributed by atoms with Crippen molar-refractivity contribution in [3.8, 4) is 0 Å². The molecule has 0 spiro atoms. The highest BCUT2D eigenvalue weighted by atomic mass is 35.5. The van der Waals surface area contributed by atoms with E-state index in [1.807, 2.05) is 0 Å². The highest BCUT2D eigenvalue weighted by Gasteiger charge is 2.49. The van der Waals surface area contributed by atoms with Gasteiger partial charge in [0.15, 0.2) is 5.78 Å². The molecule has 3 nitrogen and oxygen atoms in total. The Morgan fingerprint density at radius 3 is 1.71 bits per heavy atom. The van der Waals surface area contributed by atoms with Crippen molar-refractivity contribution in [2.75, 3.05) is 0 Å². The first-order valence-electron chi connectivity index (χ1n) is 9.22. The van der Waals surface area contributed by atoms with E-state index < -0.39 is 69.1 Å². The van der Waals surface area contributed by atoms with E-state index in [1.54, 1.807) is 6.07 Å². The molecule has 0 aliphatic rings. The van der Waals surface area contributed by atoms with Crippen LogP contribution in [0.25, 0.3) is 0 Å². The van der Waals surface area contributed by atoms with Crippen LogP contribution in [0, 0.1) is 0 Å². The summed E-state index contributed by atoms with van der Waals surface area (Å²) in [6.07, 6.45) is -10.8. The molecule has 0 saturated carbocycles. The van der Waals surface area contributed by atoms with Crippen molar-refractivity contribution >= 4 is 59.2 Å². The van der Waals surface area contributed by atoms with Gasteiger partial charge in [-0.2, -0.15) is 26.3 Å². The lowest BCUT2D eigenvalue weighted by Gasteiger charge is -2.15. The second-order valence-corrected chi connectivity index (χ2v) is 9.53. The lowest BCUT2D eigenvalue weighted by Crippen LogP contribution is -2.21. The first-order chi connectivity index (χ1) is 16.2. The Morgan fingerprint density at radius 2 is 1.23 bits per heavy atom. The van der Waals surface area contributed by atoms with Gasteiger partial charge in [0.05, 0.1) is 32.3 Å². The molecule has 0 amide bonds. The molecule has 0 radical (unpaired) electrons. The molecule has 35 heavy (non-hydrogen) atoms. The summed E-state index contributed by atoms with van der Waals surface area (Å²) >= 11 is 18.2. The molecular formula is C22H9Cl3F6O3P+. The molecule has 1 atom stereocenters. The molecular weight excluding hydrogens is 564 g/mol. The van der Waals surface area contributed by atoms with Gasteiger partial charge in [-0.05, 0) is 18.2 Å². The van der Waals surface area contributed by atoms with Crippen molar-refractivity contribution in [1.82, 2.24) is 0 Å². The van der Waals surface area contributed by atoms with Gasteiger partial charge in [-0.15, -0.1) is 0 Å². The van der Waals surface area contributed by atoms with Crippen LogP contribution in [0.1, 0.15) is 37.4 Å². The van der Waals surface area contributed by atoms with Crippen LogP contribution < -0.4 is 5.30 Å². The molecule has 0 fully saturated rings. The molecule has 0 aliphatic heterocycles. The van der Waals surface area contributed by atoms with Gasteiger partial charge < -0.3 is 0 Å². The Kier molecular flexibility index (Phi) is 7.67.